The van der Waals surface area contributed by atoms with Gasteiger partial charge in [0.25, 0.3) is 10.2 Å². The standard InChI is InChI=1S/C11H19N3O3S/c1-14(9-2-10-15)18(16,17)13-8-5-11-3-6-12-7-4-11/h3-4,6-7,13,15H,2,5,8-10H2,1H3. The van der Waals surface area contributed by atoms with Gasteiger partial charge in [-0.1, -0.05) is 0 Å². The van der Waals surface area contributed by atoms with Gasteiger partial charge in [-0.2, -0.15) is 12.7 Å². The minimum absolute atomic E-state index is 0.0170. The van der Waals surface area contributed by atoms with Crippen molar-refractivity contribution in [1.82, 2.24) is 14.0 Å². The molecule has 0 saturated carbocycles. The number of aliphatic hydroxyl groups excluding tert-OH is 1. The molecular formula is C11H19N3O3S. The molecule has 0 saturated heterocycles. The molecule has 0 spiro atoms. The van der Waals surface area contributed by atoms with Crippen molar-refractivity contribution in [3.63, 3.8) is 0 Å². The summed E-state index contributed by atoms with van der Waals surface area (Å²) in [6, 6.07) is 3.70. The Morgan fingerprint density at radius 1 is 1.39 bits per heavy atom. The third kappa shape index (κ3) is 5.09. The van der Waals surface area contributed by atoms with E-state index in [9.17, 15) is 8.42 Å². The Hall–Kier alpha value is -1.02. The highest BCUT2D eigenvalue weighted by molar-refractivity contribution is 7.87. The third-order valence-electron chi connectivity index (χ3n) is 2.49. The molecule has 0 aliphatic heterocycles. The number of pyridine rings is 1. The van der Waals surface area contributed by atoms with Gasteiger partial charge in [0.05, 0.1) is 0 Å². The van der Waals surface area contributed by atoms with Gasteiger partial charge in [-0.3, -0.25) is 4.98 Å². The van der Waals surface area contributed by atoms with Crippen LogP contribution in [-0.4, -0.2) is 49.6 Å². The number of rotatable bonds is 8. The molecule has 18 heavy (non-hydrogen) atoms. The Morgan fingerprint density at radius 2 is 2.06 bits per heavy atom. The number of aromatic nitrogens is 1. The van der Waals surface area contributed by atoms with Crippen LogP contribution in [0, 0.1) is 0 Å². The van der Waals surface area contributed by atoms with Crippen molar-refractivity contribution in [3.8, 4) is 0 Å². The minimum Gasteiger partial charge on any atom is -0.396 e. The van der Waals surface area contributed by atoms with Gasteiger partial charge in [-0.25, -0.2) is 4.72 Å². The second-order valence-electron chi connectivity index (χ2n) is 3.90. The summed E-state index contributed by atoms with van der Waals surface area (Å²) in [7, 11) is -1.96. The molecule has 102 valence electrons. The van der Waals surface area contributed by atoms with Crippen LogP contribution in [0.4, 0.5) is 0 Å². The van der Waals surface area contributed by atoms with Gasteiger partial charge in [0.2, 0.25) is 0 Å². The molecule has 2 N–H and O–H groups in total. The molecule has 1 aromatic heterocycles. The summed E-state index contributed by atoms with van der Waals surface area (Å²) in [5, 5.41) is 8.66. The van der Waals surface area contributed by atoms with E-state index in [1.54, 1.807) is 12.4 Å². The fourth-order valence-electron chi connectivity index (χ4n) is 1.40. The van der Waals surface area contributed by atoms with E-state index in [1.165, 1.54) is 11.4 Å². The Labute approximate surface area is 108 Å². The highest BCUT2D eigenvalue weighted by atomic mass is 32.2. The molecule has 0 atom stereocenters. The van der Waals surface area contributed by atoms with Crippen LogP contribution in [-0.2, 0) is 16.6 Å². The molecular weight excluding hydrogens is 254 g/mol. The summed E-state index contributed by atoms with van der Waals surface area (Å²) < 4.78 is 27.2. The number of nitrogens with zero attached hydrogens (tertiary/aromatic N) is 2. The van der Waals surface area contributed by atoms with E-state index in [1.807, 2.05) is 12.1 Å². The quantitative estimate of drug-likeness (QED) is 0.685. The van der Waals surface area contributed by atoms with Crippen LogP contribution < -0.4 is 4.72 Å². The average molecular weight is 273 g/mol. The van der Waals surface area contributed by atoms with Crippen molar-refractivity contribution >= 4 is 10.2 Å². The summed E-state index contributed by atoms with van der Waals surface area (Å²) in [5.74, 6) is 0. The van der Waals surface area contributed by atoms with E-state index in [0.717, 1.165) is 5.56 Å². The molecule has 0 unspecified atom stereocenters. The van der Waals surface area contributed by atoms with Crippen LogP contribution in [0.2, 0.25) is 0 Å². The zero-order valence-corrected chi connectivity index (χ0v) is 11.2. The number of nitrogens with one attached hydrogen (secondary N) is 1. The SMILES string of the molecule is CN(CCCO)S(=O)(=O)NCCc1ccncc1. The minimum atomic E-state index is -3.45. The zero-order valence-electron chi connectivity index (χ0n) is 10.4. The topological polar surface area (TPSA) is 82.5 Å². The first-order valence-corrected chi connectivity index (χ1v) is 7.21. The van der Waals surface area contributed by atoms with Crippen LogP contribution in [0.1, 0.15) is 12.0 Å². The van der Waals surface area contributed by atoms with Crippen LogP contribution >= 0.6 is 0 Å². The highest BCUT2D eigenvalue weighted by Gasteiger charge is 2.15. The first kappa shape index (κ1) is 15.0. The molecule has 0 aliphatic carbocycles. The van der Waals surface area contributed by atoms with Crippen molar-refractivity contribution in [1.29, 1.82) is 0 Å². The van der Waals surface area contributed by atoms with Crippen molar-refractivity contribution in [2.75, 3.05) is 26.7 Å². The molecule has 0 radical (unpaired) electrons. The van der Waals surface area contributed by atoms with Crippen molar-refractivity contribution < 1.29 is 13.5 Å². The molecule has 0 bridgehead atoms. The van der Waals surface area contributed by atoms with Gasteiger partial charge < -0.3 is 5.11 Å². The Morgan fingerprint density at radius 3 is 2.67 bits per heavy atom. The number of aliphatic hydroxyl groups is 1. The Balaban J connectivity index is 2.38. The predicted molar refractivity (Wildman–Crippen MR) is 69.2 cm³/mol. The number of hydrogen-bond acceptors (Lipinski definition) is 4. The monoisotopic (exact) mass is 273 g/mol. The second kappa shape index (κ2) is 7.42. The fraction of sp³-hybridized carbons (Fsp3) is 0.545. The lowest BCUT2D eigenvalue weighted by Gasteiger charge is -2.17. The van der Waals surface area contributed by atoms with Gasteiger partial charge >= 0.3 is 0 Å². The van der Waals surface area contributed by atoms with Crippen LogP contribution in [0.15, 0.2) is 24.5 Å². The molecule has 0 aromatic carbocycles. The largest absolute Gasteiger partial charge is 0.396 e. The maximum atomic E-state index is 11.7. The first-order valence-electron chi connectivity index (χ1n) is 5.77. The molecule has 0 amide bonds. The van der Waals surface area contributed by atoms with Crippen LogP contribution in [0.3, 0.4) is 0 Å². The lowest BCUT2D eigenvalue weighted by Crippen LogP contribution is -2.39. The molecule has 0 fully saturated rings. The summed E-state index contributed by atoms with van der Waals surface area (Å²) in [4.78, 5) is 3.89. The van der Waals surface area contributed by atoms with Gasteiger partial charge in [0.15, 0.2) is 0 Å². The molecule has 1 rings (SSSR count). The van der Waals surface area contributed by atoms with Gasteiger partial charge in [-0.15, -0.1) is 0 Å². The van der Waals surface area contributed by atoms with E-state index < -0.39 is 10.2 Å². The van der Waals surface area contributed by atoms with E-state index in [0.29, 0.717) is 25.9 Å². The Bertz CT molecular complexity index is 436. The lowest BCUT2D eigenvalue weighted by molar-refractivity contribution is 0.275. The smallest absolute Gasteiger partial charge is 0.279 e. The normalized spacial score (nSPS) is 11.9. The van der Waals surface area contributed by atoms with Gasteiger partial charge in [0.1, 0.15) is 0 Å². The summed E-state index contributed by atoms with van der Waals surface area (Å²) >= 11 is 0. The average Bonchev–Trinajstić information content (AvgIpc) is 2.37. The van der Waals surface area contributed by atoms with Crippen molar-refractivity contribution in [2.24, 2.45) is 0 Å². The van der Waals surface area contributed by atoms with E-state index in [2.05, 4.69) is 9.71 Å². The van der Waals surface area contributed by atoms with Crippen molar-refractivity contribution in [2.45, 2.75) is 12.8 Å². The van der Waals surface area contributed by atoms with Crippen LogP contribution in [0.25, 0.3) is 0 Å². The van der Waals surface area contributed by atoms with E-state index >= 15 is 0 Å². The Kier molecular flexibility index (Phi) is 6.20. The molecule has 6 nitrogen and oxygen atoms in total. The maximum absolute atomic E-state index is 11.7. The van der Waals surface area contributed by atoms with Gasteiger partial charge in [0, 0.05) is 39.1 Å². The molecule has 1 aromatic rings. The second-order valence-corrected chi connectivity index (χ2v) is 5.77. The third-order valence-corrected chi connectivity index (χ3v) is 4.06. The zero-order chi connectivity index (χ0) is 13.4. The number of hydrogen-bond donors (Lipinski definition) is 2. The summed E-state index contributed by atoms with van der Waals surface area (Å²) in [5.41, 5.74) is 1.03. The fourth-order valence-corrected chi connectivity index (χ4v) is 2.35. The maximum Gasteiger partial charge on any atom is 0.279 e. The molecule has 7 heteroatoms. The van der Waals surface area contributed by atoms with Gasteiger partial charge in [-0.05, 0) is 30.5 Å². The predicted octanol–water partition coefficient (Wildman–Crippen LogP) is -0.227. The molecule has 0 aliphatic rings. The summed E-state index contributed by atoms with van der Waals surface area (Å²) in [6.07, 6.45) is 4.41. The summed E-state index contributed by atoms with van der Waals surface area (Å²) in [6.45, 7) is 0.633. The molecule has 1 heterocycles. The first-order chi connectivity index (χ1) is 8.56. The van der Waals surface area contributed by atoms with E-state index in [4.69, 9.17) is 5.11 Å². The van der Waals surface area contributed by atoms with Crippen LogP contribution in [0.5, 0.6) is 0 Å². The lowest BCUT2D eigenvalue weighted by atomic mass is 10.2. The highest BCUT2D eigenvalue weighted by Crippen LogP contribution is 1.99. The van der Waals surface area contributed by atoms with E-state index in [-0.39, 0.29) is 6.61 Å². The van der Waals surface area contributed by atoms with Crippen molar-refractivity contribution in [3.05, 3.63) is 30.1 Å².